The van der Waals surface area contributed by atoms with Crippen LogP contribution in [-0.2, 0) is 14.2 Å². The van der Waals surface area contributed by atoms with Gasteiger partial charge in [-0.3, -0.25) is 0 Å². The van der Waals surface area contributed by atoms with Crippen molar-refractivity contribution in [2.45, 2.75) is 77.5 Å². The van der Waals surface area contributed by atoms with E-state index in [1.165, 1.54) is 32.1 Å². The number of fused-ring (bicyclic) bond motifs is 5. The Morgan fingerprint density at radius 1 is 1.05 bits per heavy atom. The van der Waals surface area contributed by atoms with Crippen LogP contribution in [0.25, 0.3) is 0 Å². The summed E-state index contributed by atoms with van der Waals surface area (Å²) < 4.78 is 18.7. The molecule has 3 saturated heterocycles. The molecule has 0 radical (unpaired) electrons. The zero-order valence-corrected chi connectivity index (χ0v) is 13.7. The highest BCUT2D eigenvalue weighted by Crippen LogP contribution is 2.50. The Morgan fingerprint density at radius 2 is 1.86 bits per heavy atom. The van der Waals surface area contributed by atoms with Crippen molar-refractivity contribution >= 4 is 0 Å². The highest BCUT2D eigenvalue weighted by atomic mass is 16.7. The Kier molecular flexibility index (Phi) is 3.79. The Hall–Kier alpha value is -0.120. The highest BCUT2D eigenvalue weighted by molar-refractivity contribution is 5.01. The van der Waals surface area contributed by atoms with Crippen LogP contribution in [0.5, 0.6) is 0 Å². The van der Waals surface area contributed by atoms with Crippen molar-refractivity contribution in [2.24, 2.45) is 29.6 Å². The van der Waals surface area contributed by atoms with Gasteiger partial charge in [-0.25, -0.2) is 0 Å². The van der Waals surface area contributed by atoms with Crippen LogP contribution in [-0.4, -0.2) is 31.2 Å². The number of rotatable bonds is 3. The van der Waals surface area contributed by atoms with Crippen LogP contribution in [0.1, 0.15) is 52.9 Å². The highest BCUT2D eigenvalue weighted by Gasteiger charge is 2.57. The van der Waals surface area contributed by atoms with E-state index in [2.05, 4.69) is 20.8 Å². The molecule has 0 spiro atoms. The Bertz CT molecular complexity index is 383. The number of hydrogen-bond donors (Lipinski definition) is 0. The fourth-order valence-corrected chi connectivity index (χ4v) is 5.30. The van der Waals surface area contributed by atoms with Gasteiger partial charge in [0, 0.05) is 11.8 Å². The van der Waals surface area contributed by atoms with Crippen LogP contribution < -0.4 is 0 Å². The van der Waals surface area contributed by atoms with Crippen molar-refractivity contribution < 1.29 is 14.2 Å². The molecular weight excluding hydrogens is 264 g/mol. The first kappa shape index (κ1) is 14.5. The van der Waals surface area contributed by atoms with E-state index in [0.717, 1.165) is 12.5 Å². The largest absolute Gasteiger partial charge is 0.374 e. The first-order valence-electron chi connectivity index (χ1n) is 9.06. The second kappa shape index (κ2) is 5.50. The average molecular weight is 294 g/mol. The first-order valence-corrected chi connectivity index (χ1v) is 9.06. The van der Waals surface area contributed by atoms with E-state index in [1.54, 1.807) is 0 Å². The lowest BCUT2D eigenvalue weighted by Crippen LogP contribution is -2.40. The summed E-state index contributed by atoms with van der Waals surface area (Å²) in [7, 11) is 0. The van der Waals surface area contributed by atoms with Crippen molar-refractivity contribution in [2.75, 3.05) is 6.61 Å². The van der Waals surface area contributed by atoms with Crippen molar-refractivity contribution in [1.29, 1.82) is 0 Å². The van der Waals surface area contributed by atoms with Crippen LogP contribution in [0, 0.1) is 29.6 Å². The maximum Gasteiger partial charge on any atom is 0.163 e. The molecule has 0 aromatic rings. The zero-order valence-electron chi connectivity index (χ0n) is 13.7. The van der Waals surface area contributed by atoms with Gasteiger partial charge in [-0.05, 0) is 43.4 Å². The minimum absolute atomic E-state index is 0.00171. The van der Waals surface area contributed by atoms with Crippen molar-refractivity contribution in [1.82, 2.24) is 0 Å². The summed E-state index contributed by atoms with van der Waals surface area (Å²) in [6.45, 7) is 7.91. The summed E-state index contributed by atoms with van der Waals surface area (Å²) >= 11 is 0. The quantitative estimate of drug-likeness (QED) is 0.796. The lowest BCUT2D eigenvalue weighted by Gasteiger charge is -2.39. The van der Waals surface area contributed by atoms with Crippen LogP contribution in [0.3, 0.4) is 0 Å². The standard InChI is InChI=1S/C18H30O3/c1-10(2)12-5-4-11(3)8-16(12)21-18-17-13(9-19-18)14-6-7-15(17)20-14/h10-18H,4-9H2,1-3H3/t11-,12+,13+,14-,15+,16?,17+,18+/m1/s1. The molecule has 4 rings (SSSR count). The molecule has 8 atom stereocenters. The normalized spacial score (nSPS) is 52.6. The maximum absolute atomic E-state index is 6.56. The van der Waals surface area contributed by atoms with Gasteiger partial charge >= 0.3 is 0 Å². The lowest BCUT2D eigenvalue weighted by atomic mass is 9.75. The predicted octanol–water partition coefficient (Wildman–Crippen LogP) is 3.61. The van der Waals surface area contributed by atoms with Gasteiger partial charge in [0.1, 0.15) is 0 Å². The lowest BCUT2D eigenvalue weighted by molar-refractivity contribution is -0.198. The van der Waals surface area contributed by atoms with Gasteiger partial charge in [-0.15, -0.1) is 0 Å². The molecule has 21 heavy (non-hydrogen) atoms. The molecule has 3 nitrogen and oxygen atoms in total. The van der Waals surface area contributed by atoms with Crippen LogP contribution in [0.4, 0.5) is 0 Å². The van der Waals surface area contributed by atoms with E-state index in [4.69, 9.17) is 14.2 Å². The number of hydrogen-bond acceptors (Lipinski definition) is 3. The zero-order chi connectivity index (χ0) is 14.6. The Balaban J connectivity index is 1.45. The minimum Gasteiger partial charge on any atom is -0.374 e. The summed E-state index contributed by atoms with van der Waals surface area (Å²) in [6, 6.07) is 0. The van der Waals surface area contributed by atoms with E-state index in [1.807, 2.05) is 0 Å². The third-order valence-electron chi connectivity index (χ3n) is 6.52. The molecule has 4 aliphatic rings. The summed E-state index contributed by atoms with van der Waals surface area (Å²) in [5.74, 6) is 3.30. The molecule has 1 aliphatic carbocycles. The van der Waals surface area contributed by atoms with Gasteiger partial charge in [-0.1, -0.05) is 27.2 Å². The van der Waals surface area contributed by atoms with Gasteiger partial charge in [0.2, 0.25) is 0 Å². The van der Waals surface area contributed by atoms with Gasteiger partial charge in [0.05, 0.1) is 24.9 Å². The molecule has 2 bridgehead atoms. The van der Waals surface area contributed by atoms with Crippen molar-refractivity contribution in [3.8, 4) is 0 Å². The molecule has 1 unspecified atom stereocenters. The molecule has 3 heteroatoms. The monoisotopic (exact) mass is 294 g/mol. The molecule has 3 aliphatic heterocycles. The Morgan fingerprint density at radius 3 is 2.67 bits per heavy atom. The molecule has 0 aromatic carbocycles. The van der Waals surface area contributed by atoms with Crippen molar-refractivity contribution in [3.63, 3.8) is 0 Å². The topological polar surface area (TPSA) is 27.7 Å². The molecule has 3 heterocycles. The van der Waals surface area contributed by atoms with E-state index in [0.29, 0.717) is 42.0 Å². The van der Waals surface area contributed by atoms with Gasteiger partial charge < -0.3 is 14.2 Å². The molecule has 4 fully saturated rings. The minimum atomic E-state index is 0.00171. The maximum atomic E-state index is 6.56. The third kappa shape index (κ3) is 2.46. The molecular formula is C18H30O3. The van der Waals surface area contributed by atoms with Crippen molar-refractivity contribution in [3.05, 3.63) is 0 Å². The summed E-state index contributed by atoms with van der Waals surface area (Å²) in [5.41, 5.74) is 0. The smallest absolute Gasteiger partial charge is 0.163 e. The van der Waals surface area contributed by atoms with E-state index in [-0.39, 0.29) is 6.29 Å². The fourth-order valence-electron chi connectivity index (χ4n) is 5.30. The first-order chi connectivity index (χ1) is 10.1. The molecule has 0 amide bonds. The van der Waals surface area contributed by atoms with E-state index < -0.39 is 0 Å². The summed E-state index contributed by atoms with van der Waals surface area (Å²) in [5, 5.41) is 0. The fraction of sp³-hybridized carbons (Fsp3) is 1.00. The van der Waals surface area contributed by atoms with Gasteiger partial charge in [0.25, 0.3) is 0 Å². The van der Waals surface area contributed by atoms with Crippen LogP contribution in [0.2, 0.25) is 0 Å². The van der Waals surface area contributed by atoms with E-state index >= 15 is 0 Å². The van der Waals surface area contributed by atoms with Gasteiger partial charge in [-0.2, -0.15) is 0 Å². The summed E-state index contributed by atoms with van der Waals surface area (Å²) in [4.78, 5) is 0. The molecule has 120 valence electrons. The molecule has 0 aromatic heterocycles. The van der Waals surface area contributed by atoms with Crippen LogP contribution in [0.15, 0.2) is 0 Å². The average Bonchev–Trinajstić information content (AvgIpc) is 3.11. The van der Waals surface area contributed by atoms with Gasteiger partial charge in [0.15, 0.2) is 6.29 Å². The molecule has 0 N–H and O–H groups in total. The second-order valence-electron chi connectivity index (χ2n) is 8.23. The molecule has 1 saturated carbocycles. The van der Waals surface area contributed by atoms with E-state index in [9.17, 15) is 0 Å². The summed E-state index contributed by atoms with van der Waals surface area (Å²) in [6.07, 6.45) is 7.57. The predicted molar refractivity (Wildman–Crippen MR) is 80.8 cm³/mol. The SMILES string of the molecule is CC(C)[C@@H]1CC[C@@H](C)CC1O[C@@H]1OC[C@@H]2[C@H]1[C@@H]1CC[C@H]2O1. The number of ether oxygens (including phenoxy) is 3. The third-order valence-corrected chi connectivity index (χ3v) is 6.52. The Labute approximate surface area is 128 Å². The second-order valence-corrected chi connectivity index (χ2v) is 8.23. The van der Waals surface area contributed by atoms with Crippen LogP contribution >= 0.6 is 0 Å².